The minimum absolute atomic E-state index is 0.0152. The number of benzene rings is 2. The van der Waals surface area contributed by atoms with Crippen molar-refractivity contribution in [2.45, 2.75) is 24.9 Å². The normalized spacial score (nSPS) is 16.5. The maximum atomic E-state index is 13.9. The molecule has 1 aromatic heterocycles. The minimum Gasteiger partial charge on any atom is -0.478 e. The van der Waals surface area contributed by atoms with Crippen molar-refractivity contribution < 1.29 is 37.2 Å². The third-order valence-corrected chi connectivity index (χ3v) is 6.51. The molecule has 1 aliphatic carbocycles. The predicted octanol–water partition coefficient (Wildman–Crippen LogP) is 4.50. The van der Waals surface area contributed by atoms with Crippen molar-refractivity contribution in [1.29, 1.82) is 5.26 Å². The van der Waals surface area contributed by atoms with Crippen molar-refractivity contribution in [3.05, 3.63) is 87.3 Å². The summed E-state index contributed by atoms with van der Waals surface area (Å²) in [6.45, 7) is 1.49. The molecule has 4 rings (SSSR count). The van der Waals surface area contributed by atoms with Gasteiger partial charge < -0.3 is 19.8 Å². The van der Waals surface area contributed by atoms with E-state index in [9.17, 15) is 32.7 Å². The number of carbonyl (C=O) groups excluding carboxylic acids is 2. The SMILES string of the molecule is CN(C)C(=O)C1=Cc2c(C(=O)Nc3ccc(C#N)cc3C(=O)O)noc2CC1(C)c1ccccc1C(F)(F)F. The summed E-state index contributed by atoms with van der Waals surface area (Å²) in [5.74, 6) is -2.76. The molecule has 9 nitrogen and oxygen atoms in total. The zero-order valence-electron chi connectivity index (χ0n) is 20.9. The minimum atomic E-state index is -4.69. The fourth-order valence-corrected chi connectivity index (χ4v) is 4.56. The number of carboxylic acids is 1. The van der Waals surface area contributed by atoms with Crippen LogP contribution in [0.2, 0.25) is 0 Å². The number of nitrogens with one attached hydrogen (secondary N) is 1. The Morgan fingerprint density at radius 3 is 2.49 bits per heavy atom. The van der Waals surface area contributed by atoms with Gasteiger partial charge in [0.1, 0.15) is 5.76 Å². The van der Waals surface area contributed by atoms with Gasteiger partial charge >= 0.3 is 12.1 Å². The molecule has 1 unspecified atom stereocenters. The molecule has 1 atom stereocenters. The molecule has 3 aromatic rings. The summed E-state index contributed by atoms with van der Waals surface area (Å²) in [6, 6.07) is 10.4. The van der Waals surface area contributed by atoms with E-state index in [0.717, 1.165) is 12.1 Å². The average molecular weight is 538 g/mol. The number of aromatic nitrogens is 1. The van der Waals surface area contributed by atoms with Gasteiger partial charge in [0.15, 0.2) is 5.69 Å². The first kappa shape index (κ1) is 27.1. The number of nitriles is 1. The van der Waals surface area contributed by atoms with Crippen molar-refractivity contribution >= 4 is 29.5 Å². The van der Waals surface area contributed by atoms with Gasteiger partial charge in [-0.1, -0.05) is 30.3 Å². The molecule has 0 radical (unpaired) electrons. The molecule has 2 aromatic carbocycles. The summed E-state index contributed by atoms with van der Waals surface area (Å²) in [4.78, 5) is 39.3. The lowest BCUT2D eigenvalue weighted by atomic mass is 9.67. The number of aromatic carboxylic acids is 1. The first-order chi connectivity index (χ1) is 18.3. The maximum absolute atomic E-state index is 13.9. The molecule has 2 amide bonds. The number of hydrogen-bond donors (Lipinski definition) is 2. The van der Waals surface area contributed by atoms with Crippen LogP contribution >= 0.6 is 0 Å². The van der Waals surface area contributed by atoms with Gasteiger partial charge in [0.25, 0.3) is 5.91 Å². The molecule has 39 heavy (non-hydrogen) atoms. The second-order valence-corrected chi connectivity index (χ2v) is 9.31. The van der Waals surface area contributed by atoms with E-state index in [1.807, 2.05) is 6.07 Å². The number of carboxylic acid groups (broad SMARTS) is 1. The first-order valence-electron chi connectivity index (χ1n) is 11.5. The van der Waals surface area contributed by atoms with E-state index in [-0.39, 0.29) is 51.4 Å². The average Bonchev–Trinajstić information content (AvgIpc) is 3.29. The third kappa shape index (κ3) is 4.86. The fourth-order valence-electron chi connectivity index (χ4n) is 4.56. The molecule has 0 bridgehead atoms. The summed E-state index contributed by atoms with van der Waals surface area (Å²) >= 11 is 0. The van der Waals surface area contributed by atoms with Gasteiger partial charge in [0.2, 0.25) is 5.91 Å². The number of likely N-dealkylation sites (N-methyl/N-ethyl adjacent to an activating group) is 1. The summed E-state index contributed by atoms with van der Waals surface area (Å²) in [6.07, 6.45) is -3.61. The highest BCUT2D eigenvalue weighted by Crippen LogP contribution is 2.47. The van der Waals surface area contributed by atoms with Crippen LogP contribution in [0.15, 0.2) is 52.6 Å². The molecule has 200 valence electrons. The molecule has 0 saturated carbocycles. The Labute approximate surface area is 220 Å². The van der Waals surface area contributed by atoms with Crippen LogP contribution in [-0.4, -0.2) is 47.0 Å². The molecule has 2 N–H and O–H groups in total. The van der Waals surface area contributed by atoms with Crippen LogP contribution < -0.4 is 5.32 Å². The van der Waals surface area contributed by atoms with E-state index in [2.05, 4.69) is 10.5 Å². The molecule has 1 heterocycles. The number of rotatable bonds is 5. The Morgan fingerprint density at radius 2 is 1.87 bits per heavy atom. The first-order valence-corrected chi connectivity index (χ1v) is 11.5. The van der Waals surface area contributed by atoms with Crippen LogP contribution in [0.5, 0.6) is 0 Å². The smallest absolute Gasteiger partial charge is 0.416 e. The largest absolute Gasteiger partial charge is 0.478 e. The van der Waals surface area contributed by atoms with Crippen molar-refractivity contribution in [3.8, 4) is 6.07 Å². The second-order valence-electron chi connectivity index (χ2n) is 9.31. The van der Waals surface area contributed by atoms with Gasteiger partial charge in [-0.15, -0.1) is 0 Å². The van der Waals surface area contributed by atoms with Gasteiger partial charge in [0.05, 0.1) is 34.0 Å². The lowest BCUT2D eigenvalue weighted by Crippen LogP contribution is -2.40. The van der Waals surface area contributed by atoms with Crippen molar-refractivity contribution in [2.24, 2.45) is 0 Å². The van der Waals surface area contributed by atoms with Crippen LogP contribution in [0.4, 0.5) is 18.9 Å². The van der Waals surface area contributed by atoms with Crippen LogP contribution in [0.1, 0.15) is 55.8 Å². The Bertz CT molecular complexity index is 1580. The third-order valence-electron chi connectivity index (χ3n) is 6.51. The van der Waals surface area contributed by atoms with Gasteiger partial charge in [0, 0.05) is 31.5 Å². The van der Waals surface area contributed by atoms with Crippen molar-refractivity contribution in [2.75, 3.05) is 19.4 Å². The van der Waals surface area contributed by atoms with E-state index in [0.29, 0.717) is 0 Å². The molecule has 1 aliphatic rings. The Hall–Kier alpha value is -4.92. The lowest BCUT2D eigenvalue weighted by molar-refractivity contribution is -0.139. The van der Waals surface area contributed by atoms with Gasteiger partial charge in [-0.05, 0) is 35.9 Å². The lowest BCUT2D eigenvalue weighted by Gasteiger charge is -2.37. The number of amides is 2. The Balaban J connectivity index is 1.82. The Kier molecular flexibility index (Phi) is 6.78. The zero-order valence-corrected chi connectivity index (χ0v) is 20.9. The van der Waals surface area contributed by atoms with Crippen LogP contribution in [-0.2, 0) is 22.8 Å². The highest BCUT2D eigenvalue weighted by molar-refractivity contribution is 6.10. The Morgan fingerprint density at radius 1 is 1.18 bits per heavy atom. The van der Waals surface area contributed by atoms with E-state index >= 15 is 0 Å². The van der Waals surface area contributed by atoms with Crippen molar-refractivity contribution in [3.63, 3.8) is 0 Å². The van der Waals surface area contributed by atoms with Crippen LogP contribution in [0.3, 0.4) is 0 Å². The number of halogens is 3. The highest BCUT2D eigenvalue weighted by atomic mass is 19.4. The van der Waals surface area contributed by atoms with Gasteiger partial charge in [-0.3, -0.25) is 9.59 Å². The van der Waals surface area contributed by atoms with E-state index in [1.165, 1.54) is 62.3 Å². The van der Waals surface area contributed by atoms with E-state index in [4.69, 9.17) is 9.78 Å². The summed E-state index contributed by atoms with van der Waals surface area (Å²) in [7, 11) is 2.91. The molecule has 12 heteroatoms. The number of anilines is 1. The second kappa shape index (κ2) is 9.75. The van der Waals surface area contributed by atoms with E-state index in [1.54, 1.807) is 0 Å². The monoisotopic (exact) mass is 538 g/mol. The number of nitrogens with zero attached hydrogens (tertiary/aromatic N) is 3. The quantitative estimate of drug-likeness (QED) is 0.488. The molecular weight excluding hydrogens is 517 g/mol. The van der Waals surface area contributed by atoms with Gasteiger partial charge in [-0.2, -0.15) is 18.4 Å². The molecule has 0 fully saturated rings. The maximum Gasteiger partial charge on any atom is 0.416 e. The molecular formula is C27H21F3N4O5. The molecule has 0 spiro atoms. The molecule has 0 aliphatic heterocycles. The van der Waals surface area contributed by atoms with Crippen molar-refractivity contribution in [1.82, 2.24) is 10.1 Å². The molecule has 0 saturated heterocycles. The number of carbonyl (C=O) groups is 3. The summed E-state index contributed by atoms with van der Waals surface area (Å²) < 4.78 is 47.2. The van der Waals surface area contributed by atoms with Crippen LogP contribution in [0, 0.1) is 11.3 Å². The fraction of sp³-hybridized carbons (Fsp3) is 0.222. The number of alkyl halides is 3. The highest BCUT2D eigenvalue weighted by Gasteiger charge is 2.47. The summed E-state index contributed by atoms with van der Waals surface area (Å²) in [5.41, 5.74) is -3.14. The predicted molar refractivity (Wildman–Crippen MR) is 132 cm³/mol. The standard InChI is InChI=1S/C27H21F3N4O5/c1-26(17-6-4-5-7-18(17)27(28,29)30)12-21-16(11-19(26)24(36)34(2)3)22(33-39-21)23(35)32-20-9-8-14(13-31)10-15(20)25(37)38/h4-11H,12H2,1-3H3,(H,32,35)(H,37,38). The number of fused-ring (bicyclic) bond motifs is 1. The topological polar surface area (TPSA) is 137 Å². The van der Waals surface area contributed by atoms with Crippen LogP contribution in [0.25, 0.3) is 6.08 Å². The van der Waals surface area contributed by atoms with Gasteiger partial charge in [-0.25, -0.2) is 4.79 Å². The number of hydrogen-bond acceptors (Lipinski definition) is 6. The van der Waals surface area contributed by atoms with E-state index < -0.39 is 34.9 Å². The zero-order chi connectivity index (χ0) is 28.7. The summed E-state index contributed by atoms with van der Waals surface area (Å²) in [5, 5.41) is 24.7.